The van der Waals surface area contributed by atoms with Crippen LogP contribution >= 0.6 is 11.3 Å². The van der Waals surface area contributed by atoms with E-state index in [-0.39, 0.29) is 30.5 Å². The van der Waals surface area contributed by atoms with E-state index in [1.54, 1.807) is 0 Å². The van der Waals surface area contributed by atoms with Crippen LogP contribution in [0.15, 0.2) is 35.7 Å². The number of thiophene rings is 1. The highest BCUT2D eigenvalue weighted by Crippen LogP contribution is 2.38. The van der Waals surface area contributed by atoms with Gasteiger partial charge in [0.1, 0.15) is 4.88 Å². The van der Waals surface area contributed by atoms with Crippen LogP contribution in [0.4, 0.5) is 13.2 Å². The number of benzene rings is 1. The lowest BCUT2D eigenvalue weighted by molar-refractivity contribution is -0.134. The molecule has 8 heteroatoms. The van der Waals surface area contributed by atoms with Crippen molar-refractivity contribution in [1.29, 1.82) is 0 Å². The Morgan fingerprint density at radius 2 is 1.97 bits per heavy atom. The Labute approximate surface area is 189 Å². The largest absolute Gasteiger partial charge is 0.426 e. The van der Waals surface area contributed by atoms with E-state index in [2.05, 4.69) is 12.2 Å². The molecular weight excluding hydrogens is 437 g/mol. The van der Waals surface area contributed by atoms with Crippen LogP contribution in [-0.2, 0) is 17.5 Å². The first kappa shape index (κ1) is 22.8. The smallest absolute Gasteiger partial charge is 0.355 e. The number of rotatable bonds is 5. The zero-order valence-electron chi connectivity index (χ0n) is 18.0. The topological polar surface area (TPSA) is 49.4 Å². The number of hydrogen-bond donors (Lipinski definition) is 1. The number of hydrogen-bond acceptors (Lipinski definition) is 3. The van der Waals surface area contributed by atoms with E-state index in [0.717, 1.165) is 30.4 Å². The Kier molecular flexibility index (Phi) is 6.60. The van der Waals surface area contributed by atoms with E-state index in [4.69, 9.17) is 0 Å². The lowest BCUT2D eigenvalue weighted by Crippen LogP contribution is -2.42. The number of carbonyl (C=O) groups excluding carboxylic acids is 2. The van der Waals surface area contributed by atoms with Gasteiger partial charge < -0.3 is 10.2 Å². The molecular formula is C24H27F3N2O2S. The Morgan fingerprint density at radius 3 is 2.69 bits per heavy atom. The third-order valence-corrected chi connectivity index (χ3v) is 7.73. The van der Waals surface area contributed by atoms with E-state index in [1.807, 2.05) is 24.3 Å². The van der Waals surface area contributed by atoms with Crippen molar-refractivity contribution < 1.29 is 22.8 Å². The highest BCUT2D eigenvalue weighted by Gasteiger charge is 2.39. The lowest BCUT2D eigenvalue weighted by atomic mass is 9.89. The maximum Gasteiger partial charge on any atom is 0.426 e. The molecule has 3 unspecified atom stereocenters. The van der Waals surface area contributed by atoms with E-state index in [9.17, 15) is 22.8 Å². The first-order valence-corrected chi connectivity index (χ1v) is 11.9. The van der Waals surface area contributed by atoms with E-state index in [1.165, 1.54) is 16.3 Å². The average Bonchev–Trinajstić information content (AvgIpc) is 3.41. The fourth-order valence-electron chi connectivity index (χ4n) is 4.98. The third kappa shape index (κ3) is 4.85. The molecule has 2 heterocycles. The van der Waals surface area contributed by atoms with E-state index >= 15 is 0 Å². The van der Waals surface area contributed by atoms with Crippen LogP contribution in [0, 0.1) is 11.8 Å². The summed E-state index contributed by atoms with van der Waals surface area (Å²) in [5.41, 5.74) is 1.63. The van der Waals surface area contributed by atoms with Gasteiger partial charge >= 0.3 is 6.18 Å². The minimum absolute atomic E-state index is 0.00173. The number of carbonyl (C=O) groups is 2. The molecule has 1 fully saturated rings. The molecule has 0 radical (unpaired) electrons. The van der Waals surface area contributed by atoms with Crippen LogP contribution in [-0.4, -0.2) is 29.8 Å². The fraction of sp³-hybridized carbons (Fsp3) is 0.500. The molecule has 172 valence electrons. The van der Waals surface area contributed by atoms with Crippen molar-refractivity contribution in [3.8, 4) is 0 Å². The number of halogens is 3. The summed E-state index contributed by atoms with van der Waals surface area (Å²) in [5, 5.41) is 4.32. The zero-order valence-corrected chi connectivity index (χ0v) is 18.8. The van der Waals surface area contributed by atoms with Crippen molar-refractivity contribution in [2.45, 2.75) is 51.2 Å². The van der Waals surface area contributed by atoms with Gasteiger partial charge in [-0.1, -0.05) is 44.0 Å². The van der Waals surface area contributed by atoms with Crippen molar-refractivity contribution >= 4 is 23.2 Å². The molecule has 4 rings (SSSR count). The van der Waals surface area contributed by atoms with Gasteiger partial charge in [-0.05, 0) is 40.8 Å². The van der Waals surface area contributed by atoms with Gasteiger partial charge in [0.2, 0.25) is 5.91 Å². The molecule has 1 aliphatic carbocycles. The monoisotopic (exact) mass is 464 g/mol. The van der Waals surface area contributed by atoms with Gasteiger partial charge in [-0.3, -0.25) is 9.59 Å². The summed E-state index contributed by atoms with van der Waals surface area (Å²) in [6, 6.07) is 8.87. The van der Waals surface area contributed by atoms with Crippen molar-refractivity contribution in [1.82, 2.24) is 10.2 Å². The maximum absolute atomic E-state index is 13.3. The van der Waals surface area contributed by atoms with Gasteiger partial charge in [0.05, 0.1) is 5.56 Å². The van der Waals surface area contributed by atoms with Gasteiger partial charge in [0, 0.05) is 32.0 Å². The Bertz CT molecular complexity index is 988. The standard InChI is InChI=1S/C24H27F3N2O2S/c1-15-5-4-7-16(15)11-21(30)28-12-18-14-29(13-17-6-2-3-8-19(17)18)23(31)20-9-10-32-22(20)24(25,26)27/h2-3,6,8-10,15-16,18H,4-5,7,11-14H2,1H3,(H,28,30). The Hall–Kier alpha value is -2.35. The second-order valence-electron chi connectivity index (χ2n) is 8.92. The summed E-state index contributed by atoms with van der Waals surface area (Å²) in [4.78, 5) is 26.2. The summed E-state index contributed by atoms with van der Waals surface area (Å²) in [5.74, 6) is 0.177. The van der Waals surface area contributed by atoms with Crippen LogP contribution in [0.3, 0.4) is 0 Å². The lowest BCUT2D eigenvalue weighted by Gasteiger charge is -2.35. The molecule has 2 aromatic rings. The number of alkyl halides is 3. The van der Waals surface area contributed by atoms with Gasteiger partial charge in [-0.25, -0.2) is 0 Å². The Morgan fingerprint density at radius 1 is 1.19 bits per heavy atom. The molecule has 3 atom stereocenters. The molecule has 1 saturated carbocycles. The molecule has 0 spiro atoms. The molecule has 32 heavy (non-hydrogen) atoms. The minimum atomic E-state index is -4.56. The number of fused-ring (bicyclic) bond motifs is 1. The second kappa shape index (κ2) is 9.25. The van der Waals surface area contributed by atoms with Crippen molar-refractivity contribution in [3.05, 3.63) is 57.3 Å². The normalized spacial score (nSPS) is 23.1. The molecule has 1 aliphatic heterocycles. The average molecular weight is 465 g/mol. The summed E-state index contributed by atoms with van der Waals surface area (Å²) < 4.78 is 40.0. The molecule has 0 bridgehead atoms. The summed E-state index contributed by atoms with van der Waals surface area (Å²) in [7, 11) is 0. The number of amides is 2. The molecule has 1 aromatic heterocycles. The van der Waals surface area contributed by atoms with Crippen LogP contribution in [0.5, 0.6) is 0 Å². The number of nitrogens with zero attached hydrogens (tertiary/aromatic N) is 1. The first-order chi connectivity index (χ1) is 15.2. The second-order valence-corrected chi connectivity index (χ2v) is 9.84. The summed E-state index contributed by atoms with van der Waals surface area (Å²) >= 11 is 0.535. The first-order valence-electron chi connectivity index (χ1n) is 11.0. The van der Waals surface area contributed by atoms with E-state index in [0.29, 0.717) is 36.1 Å². The van der Waals surface area contributed by atoms with Crippen LogP contribution in [0.2, 0.25) is 0 Å². The quantitative estimate of drug-likeness (QED) is 0.640. The third-order valence-electron chi connectivity index (χ3n) is 6.77. The molecule has 2 aliphatic rings. The highest BCUT2D eigenvalue weighted by molar-refractivity contribution is 7.10. The zero-order chi connectivity index (χ0) is 22.9. The van der Waals surface area contributed by atoms with E-state index < -0.39 is 17.0 Å². The SMILES string of the molecule is CC1CCCC1CC(=O)NCC1CN(C(=O)c2ccsc2C(F)(F)F)Cc2ccccc21. The molecule has 1 aromatic carbocycles. The van der Waals surface area contributed by atoms with Gasteiger partial charge in [-0.2, -0.15) is 13.2 Å². The van der Waals surface area contributed by atoms with Crippen LogP contribution in [0.1, 0.15) is 64.9 Å². The number of nitrogens with one attached hydrogen (secondary N) is 1. The van der Waals surface area contributed by atoms with Crippen molar-refractivity contribution in [2.24, 2.45) is 11.8 Å². The van der Waals surface area contributed by atoms with Gasteiger partial charge in [-0.15, -0.1) is 11.3 Å². The molecule has 4 nitrogen and oxygen atoms in total. The van der Waals surface area contributed by atoms with Crippen LogP contribution in [0.25, 0.3) is 0 Å². The molecule has 2 amide bonds. The molecule has 0 saturated heterocycles. The van der Waals surface area contributed by atoms with Crippen LogP contribution < -0.4 is 5.32 Å². The Balaban J connectivity index is 1.48. The minimum Gasteiger partial charge on any atom is -0.355 e. The van der Waals surface area contributed by atoms with Crippen molar-refractivity contribution in [2.75, 3.05) is 13.1 Å². The summed E-state index contributed by atoms with van der Waals surface area (Å²) in [6.07, 6.45) is -0.660. The van der Waals surface area contributed by atoms with Gasteiger partial charge in [0.15, 0.2) is 0 Å². The maximum atomic E-state index is 13.3. The predicted molar refractivity (Wildman–Crippen MR) is 117 cm³/mol. The predicted octanol–water partition coefficient (Wildman–Crippen LogP) is 5.45. The fourth-order valence-corrected chi connectivity index (χ4v) is 5.74. The van der Waals surface area contributed by atoms with Gasteiger partial charge in [0.25, 0.3) is 5.91 Å². The van der Waals surface area contributed by atoms with Crippen molar-refractivity contribution in [3.63, 3.8) is 0 Å². The molecule has 1 N–H and O–H groups in total. The summed E-state index contributed by atoms with van der Waals surface area (Å²) in [6.45, 7) is 3.07. The highest BCUT2D eigenvalue weighted by atomic mass is 32.1.